The zero-order valence-electron chi connectivity index (χ0n) is 35.3. The van der Waals surface area contributed by atoms with Gasteiger partial charge in [-0.05, 0) is 25.2 Å². The highest BCUT2D eigenvalue weighted by molar-refractivity contribution is 5.71. The molecular weight excluding hydrogens is 648 g/mol. The molecule has 52 heavy (non-hydrogen) atoms. The molecular formula is C46H88O6. The predicted octanol–water partition coefficient (Wildman–Crippen LogP) is 14.3. The van der Waals surface area contributed by atoms with Gasteiger partial charge < -0.3 is 14.2 Å². The van der Waals surface area contributed by atoms with Crippen molar-refractivity contribution in [2.75, 3.05) is 13.2 Å². The van der Waals surface area contributed by atoms with Crippen molar-refractivity contribution < 1.29 is 28.6 Å². The number of rotatable bonds is 41. The number of ether oxygens (including phenoxy) is 3. The number of carbonyl (C=O) groups excluding carboxylic acids is 3. The Hall–Kier alpha value is -1.59. The fraction of sp³-hybridized carbons (Fsp3) is 0.935. The number of esters is 3. The molecule has 0 bridgehead atoms. The molecule has 0 N–H and O–H groups in total. The molecule has 0 saturated heterocycles. The van der Waals surface area contributed by atoms with Crippen LogP contribution in [0.15, 0.2) is 0 Å². The summed E-state index contributed by atoms with van der Waals surface area (Å²) in [7, 11) is 0. The predicted molar refractivity (Wildman–Crippen MR) is 220 cm³/mol. The van der Waals surface area contributed by atoms with E-state index in [1.807, 2.05) is 0 Å². The maximum absolute atomic E-state index is 12.7. The topological polar surface area (TPSA) is 78.9 Å². The van der Waals surface area contributed by atoms with Crippen molar-refractivity contribution in [3.05, 3.63) is 0 Å². The average Bonchev–Trinajstić information content (AvgIpc) is 3.14. The van der Waals surface area contributed by atoms with Crippen LogP contribution in [0, 0.1) is 5.92 Å². The van der Waals surface area contributed by atoms with Gasteiger partial charge in [-0.15, -0.1) is 0 Å². The SMILES string of the molecule is CCCCCCCCCCCCCCCCCC(=O)OC[C@@H](COC(=O)CCCCCCC)OC(=O)CCCCCCCCCCCCC(C)CC. The van der Waals surface area contributed by atoms with Gasteiger partial charge >= 0.3 is 17.9 Å². The number of carbonyl (C=O) groups is 3. The normalized spacial score (nSPS) is 12.5. The van der Waals surface area contributed by atoms with Crippen LogP contribution in [0.5, 0.6) is 0 Å². The highest BCUT2D eigenvalue weighted by Crippen LogP contribution is 2.17. The number of hydrogen-bond donors (Lipinski definition) is 0. The van der Waals surface area contributed by atoms with E-state index in [9.17, 15) is 14.4 Å². The van der Waals surface area contributed by atoms with E-state index in [2.05, 4.69) is 27.7 Å². The minimum Gasteiger partial charge on any atom is -0.462 e. The molecule has 0 heterocycles. The molecule has 6 nitrogen and oxygen atoms in total. The highest BCUT2D eigenvalue weighted by Gasteiger charge is 2.19. The van der Waals surface area contributed by atoms with Crippen LogP contribution in [-0.2, 0) is 28.6 Å². The Morgan fingerprint density at radius 1 is 0.385 bits per heavy atom. The van der Waals surface area contributed by atoms with Crippen LogP contribution < -0.4 is 0 Å². The Bertz CT molecular complexity index is 783. The maximum Gasteiger partial charge on any atom is 0.306 e. The first-order chi connectivity index (χ1) is 25.4. The van der Waals surface area contributed by atoms with Gasteiger partial charge in [0.2, 0.25) is 0 Å². The summed E-state index contributed by atoms with van der Waals surface area (Å²) in [5.41, 5.74) is 0. The molecule has 0 aliphatic carbocycles. The largest absolute Gasteiger partial charge is 0.462 e. The lowest BCUT2D eigenvalue weighted by Crippen LogP contribution is -2.30. The minimum atomic E-state index is -0.758. The molecule has 308 valence electrons. The third kappa shape index (κ3) is 38.1. The van der Waals surface area contributed by atoms with Crippen molar-refractivity contribution in [2.45, 2.75) is 259 Å². The molecule has 1 unspecified atom stereocenters. The summed E-state index contributed by atoms with van der Waals surface area (Å²) in [6.07, 6.45) is 39.6. The molecule has 0 aliphatic rings. The summed E-state index contributed by atoms with van der Waals surface area (Å²) in [4.78, 5) is 37.5. The fourth-order valence-electron chi connectivity index (χ4n) is 6.77. The molecule has 0 spiro atoms. The first-order valence-corrected chi connectivity index (χ1v) is 22.9. The molecule has 0 aromatic rings. The lowest BCUT2D eigenvalue weighted by molar-refractivity contribution is -0.167. The monoisotopic (exact) mass is 737 g/mol. The Morgan fingerprint density at radius 3 is 1.00 bits per heavy atom. The number of unbranched alkanes of at least 4 members (excludes halogenated alkanes) is 27. The molecule has 6 heteroatoms. The van der Waals surface area contributed by atoms with Crippen molar-refractivity contribution in [1.82, 2.24) is 0 Å². The van der Waals surface area contributed by atoms with E-state index in [1.54, 1.807) is 0 Å². The van der Waals surface area contributed by atoms with E-state index in [0.29, 0.717) is 19.3 Å². The van der Waals surface area contributed by atoms with Crippen molar-refractivity contribution in [2.24, 2.45) is 5.92 Å². The summed E-state index contributed by atoms with van der Waals surface area (Å²) in [5, 5.41) is 0. The third-order valence-electron chi connectivity index (χ3n) is 10.7. The molecule has 0 aliphatic heterocycles. The van der Waals surface area contributed by atoms with E-state index < -0.39 is 6.10 Å². The van der Waals surface area contributed by atoms with Crippen LogP contribution in [0.1, 0.15) is 252 Å². The zero-order valence-corrected chi connectivity index (χ0v) is 35.3. The van der Waals surface area contributed by atoms with Gasteiger partial charge in [-0.1, -0.05) is 214 Å². The molecule has 0 radical (unpaired) electrons. The van der Waals surface area contributed by atoms with Crippen LogP contribution in [-0.4, -0.2) is 37.2 Å². The van der Waals surface area contributed by atoms with E-state index in [-0.39, 0.29) is 31.1 Å². The number of hydrogen-bond acceptors (Lipinski definition) is 6. The first kappa shape index (κ1) is 50.4. The van der Waals surface area contributed by atoms with Crippen molar-refractivity contribution >= 4 is 17.9 Å². The van der Waals surface area contributed by atoms with Crippen LogP contribution in [0.3, 0.4) is 0 Å². The van der Waals surface area contributed by atoms with Crippen LogP contribution in [0.25, 0.3) is 0 Å². The second-order valence-corrected chi connectivity index (χ2v) is 15.9. The summed E-state index contributed by atoms with van der Waals surface area (Å²) >= 11 is 0. The smallest absolute Gasteiger partial charge is 0.306 e. The molecule has 0 saturated carbocycles. The van der Waals surface area contributed by atoms with Crippen LogP contribution >= 0.6 is 0 Å². The standard InChI is InChI=1S/C46H88O6/c1-5-8-10-12-13-14-15-16-17-18-19-23-26-30-34-38-45(48)51-41-43(40-50-44(47)37-33-28-11-9-6-2)52-46(49)39-35-31-27-24-21-20-22-25-29-32-36-42(4)7-3/h42-43H,5-41H2,1-4H3/t42?,43-/m1/s1. The lowest BCUT2D eigenvalue weighted by atomic mass is 9.99. The van der Waals surface area contributed by atoms with Crippen molar-refractivity contribution in [3.8, 4) is 0 Å². The average molecular weight is 737 g/mol. The fourth-order valence-corrected chi connectivity index (χ4v) is 6.77. The molecule has 0 aromatic heterocycles. The molecule has 0 rings (SSSR count). The molecule has 2 atom stereocenters. The second kappa shape index (κ2) is 40.6. The van der Waals surface area contributed by atoms with Gasteiger partial charge in [0, 0.05) is 19.3 Å². The molecule has 0 aromatic carbocycles. The zero-order chi connectivity index (χ0) is 38.2. The third-order valence-corrected chi connectivity index (χ3v) is 10.7. The van der Waals surface area contributed by atoms with E-state index in [0.717, 1.165) is 70.1 Å². The van der Waals surface area contributed by atoms with Gasteiger partial charge in [0.05, 0.1) is 0 Å². The first-order valence-electron chi connectivity index (χ1n) is 22.9. The highest BCUT2D eigenvalue weighted by atomic mass is 16.6. The van der Waals surface area contributed by atoms with Gasteiger partial charge in [0.15, 0.2) is 6.10 Å². The summed E-state index contributed by atoms with van der Waals surface area (Å²) < 4.78 is 16.6. The lowest BCUT2D eigenvalue weighted by Gasteiger charge is -2.18. The Morgan fingerprint density at radius 2 is 0.673 bits per heavy atom. The van der Waals surface area contributed by atoms with E-state index in [4.69, 9.17) is 14.2 Å². The molecule has 0 fully saturated rings. The summed E-state index contributed by atoms with van der Waals surface area (Å²) in [6, 6.07) is 0. The van der Waals surface area contributed by atoms with E-state index >= 15 is 0 Å². The van der Waals surface area contributed by atoms with Gasteiger partial charge in [-0.25, -0.2) is 0 Å². The van der Waals surface area contributed by atoms with Crippen molar-refractivity contribution in [1.29, 1.82) is 0 Å². The second-order valence-electron chi connectivity index (χ2n) is 15.9. The molecule has 0 amide bonds. The van der Waals surface area contributed by atoms with Gasteiger partial charge in [0.25, 0.3) is 0 Å². The van der Waals surface area contributed by atoms with Gasteiger partial charge in [-0.2, -0.15) is 0 Å². The summed E-state index contributed by atoms with van der Waals surface area (Å²) in [6.45, 7) is 8.94. The van der Waals surface area contributed by atoms with Gasteiger partial charge in [0.1, 0.15) is 13.2 Å². The van der Waals surface area contributed by atoms with Crippen LogP contribution in [0.4, 0.5) is 0 Å². The van der Waals surface area contributed by atoms with Crippen molar-refractivity contribution in [3.63, 3.8) is 0 Å². The quantitative estimate of drug-likeness (QED) is 0.0353. The summed E-state index contributed by atoms with van der Waals surface area (Å²) in [5.74, 6) is -0.000104. The van der Waals surface area contributed by atoms with Gasteiger partial charge in [-0.3, -0.25) is 14.4 Å². The van der Waals surface area contributed by atoms with E-state index in [1.165, 1.54) is 141 Å². The Labute approximate surface area is 323 Å². The maximum atomic E-state index is 12.7. The van der Waals surface area contributed by atoms with Crippen LogP contribution in [0.2, 0.25) is 0 Å². The Kier molecular flexibility index (Phi) is 39.4. The Balaban J connectivity index is 4.18. The minimum absolute atomic E-state index is 0.0648.